The van der Waals surface area contributed by atoms with Crippen LogP contribution in [0, 0.1) is 11.7 Å². The normalized spacial score (nSPS) is 10.7. The molecule has 1 rings (SSSR count). The molecular formula is C9H13FN2. The second kappa shape index (κ2) is 3.52. The minimum atomic E-state index is -0.254. The van der Waals surface area contributed by atoms with E-state index in [0.717, 1.165) is 0 Å². The summed E-state index contributed by atoms with van der Waals surface area (Å²) in [5.74, 6) is 0.450. The van der Waals surface area contributed by atoms with Crippen LogP contribution in [0.1, 0.15) is 19.4 Å². The van der Waals surface area contributed by atoms with Crippen molar-refractivity contribution in [1.29, 1.82) is 0 Å². The van der Waals surface area contributed by atoms with Crippen molar-refractivity contribution in [2.75, 3.05) is 5.73 Å². The Morgan fingerprint density at radius 1 is 1.58 bits per heavy atom. The fourth-order valence-corrected chi connectivity index (χ4v) is 1.09. The highest BCUT2D eigenvalue weighted by atomic mass is 19.1. The van der Waals surface area contributed by atoms with Gasteiger partial charge < -0.3 is 5.73 Å². The molecule has 1 aromatic rings. The molecule has 0 saturated heterocycles. The van der Waals surface area contributed by atoms with Gasteiger partial charge in [0.1, 0.15) is 11.6 Å². The van der Waals surface area contributed by atoms with E-state index in [0.29, 0.717) is 23.7 Å². The van der Waals surface area contributed by atoms with Gasteiger partial charge in [0.2, 0.25) is 0 Å². The molecule has 12 heavy (non-hydrogen) atoms. The van der Waals surface area contributed by atoms with Crippen LogP contribution in [-0.4, -0.2) is 4.98 Å². The van der Waals surface area contributed by atoms with E-state index < -0.39 is 0 Å². The number of halogens is 1. The van der Waals surface area contributed by atoms with Gasteiger partial charge in [-0.05, 0) is 18.4 Å². The van der Waals surface area contributed by atoms with Crippen LogP contribution in [0.15, 0.2) is 12.3 Å². The summed E-state index contributed by atoms with van der Waals surface area (Å²) in [6, 6.07) is 1.34. The number of pyridine rings is 1. The summed E-state index contributed by atoms with van der Waals surface area (Å²) in [5, 5.41) is 0. The molecule has 0 amide bonds. The van der Waals surface area contributed by atoms with Gasteiger partial charge in [0.25, 0.3) is 0 Å². The van der Waals surface area contributed by atoms with E-state index in [1.165, 1.54) is 12.3 Å². The third-order valence-electron chi connectivity index (χ3n) is 1.64. The maximum atomic E-state index is 13.1. The van der Waals surface area contributed by atoms with Crippen molar-refractivity contribution >= 4 is 5.82 Å². The SMILES string of the molecule is CC(C)Cc1c(F)ccnc1N. The van der Waals surface area contributed by atoms with Gasteiger partial charge in [-0.1, -0.05) is 13.8 Å². The molecule has 3 heteroatoms. The van der Waals surface area contributed by atoms with Crippen LogP contribution >= 0.6 is 0 Å². The number of hydrogen-bond acceptors (Lipinski definition) is 2. The highest BCUT2D eigenvalue weighted by Crippen LogP contribution is 2.16. The Bertz CT molecular complexity index is 251. The smallest absolute Gasteiger partial charge is 0.131 e. The van der Waals surface area contributed by atoms with Crippen molar-refractivity contribution in [2.24, 2.45) is 5.92 Å². The third-order valence-corrected chi connectivity index (χ3v) is 1.64. The van der Waals surface area contributed by atoms with E-state index >= 15 is 0 Å². The predicted molar refractivity (Wildman–Crippen MR) is 47.1 cm³/mol. The molecule has 1 heterocycles. The summed E-state index contributed by atoms with van der Waals surface area (Å²) in [7, 11) is 0. The lowest BCUT2D eigenvalue weighted by atomic mass is 10.0. The zero-order valence-corrected chi connectivity index (χ0v) is 7.34. The lowest BCUT2D eigenvalue weighted by Crippen LogP contribution is -2.04. The first-order valence-corrected chi connectivity index (χ1v) is 4.00. The molecule has 0 aliphatic heterocycles. The van der Waals surface area contributed by atoms with Gasteiger partial charge in [0, 0.05) is 11.8 Å². The Labute approximate surface area is 71.6 Å². The van der Waals surface area contributed by atoms with Gasteiger partial charge in [0.15, 0.2) is 0 Å². The molecule has 0 spiro atoms. The summed E-state index contributed by atoms with van der Waals surface area (Å²) in [6.45, 7) is 4.04. The van der Waals surface area contributed by atoms with E-state index in [2.05, 4.69) is 4.98 Å². The van der Waals surface area contributed by atoms with Crippen LogP contribution in [0.3, 0.4) is 0 Å². The van der Waals surface area contributed by atoms with Crippen LogP contribution in [-0.2, 0) is 6.42 Å². The number of aromatic nitrogens is 1. The van der Waals surface area contributed by atoms with Crippen molar-refractivity contribution in [3.8, 4) is 0 Å². The van der Waals surface area contributed by atoms with Gasteiger partial charge in [-0.2, -0.15) is 0 Å². The first-order valence-electron chi connectivity index (χ1n) is 4.00. The second-order valence-corrected chi connectivity index (χ2v) is 3.25. The largest absolute Gasteiger partial charge is 0.383 e. The van der Waals surface area contributed by atoms with E-state index in [4.69, 9.17) is 5.73 Å². The minimum Gasteiger partial charge on any atom is -0.383 e. The van der Waals surface area contributed by atoms with Gasteiger partial charge in [-0.15, -0.1) is 0 Å². The van der Waals surface area contributed by atoms with Gasteiger partial charge in [0.05, 0.1) is 0 Å². The molecule has 0 aliphatic rings. The Morgan fingerprint density at radius 2 is 2.25 bits per heavy atom. The molecule has 66 valence electrons. The lowest BCUT2D eigenvalue weighted by molar-refractivity contribution is 0.573. The molecule has 0 saturated carbocycles. The monoisotopic (exact) mass is 168 g/mol. The van der Waals surface area contributed by atoms with E-state index in [9.17, 15) is 4.39 Å². The van der Waals surface area contributed by atoms with Crippen molar-refractivity contribution in [1.82, 2.24) is 4.98 Å². The Kier molecular flexibility index (Phi) is 2.63. The summed E-state index contributed by atoms with van der Waals surface area (Å²) >= 11 is 0. The average Bonchev–Trinajstić information content (AvgIpc) is 1.97. The minimum absolute atomic E-state index is 0.254. The third kappa shape index (κ3) is 1.94. The molecule has 2 nitrogen and oxygen atoms in total. The lowest BCUT2D eigenvalue weighted by Gasteiger charge is -2.07. The zero-order valence-electron chi connectivity index (χ0n) is 7.34. The van der Waals surface area contributed by atoms with E-state index in [-0.39, 0.29) is 5.82 Å². The molecule has 0 radical (unpaired) electrons. The van der Waals surface area contributed by atoms with Gasteiger partial charge in [-0.25, -0.2) is 9.37 Å². The zero-order chi connectivity index (χ0) is 9.14. The second-order valence-electron chi connectivity index (χ2n) is 3.25. The number of rotatable bonds is 2. The fraction of sp³-hybridized carbons (Fsp3) is 0.444. The number of nitrogen functional groups attached to an aromatic ring is 1. The quantitative estimate of drug-likeness (QED) is 0.733. The van der Waals surface area contributed by atoms with Gasteiger partial charge >= 0.3 is 0 Å². The summed E-state index contributed by atoms with van der Waals surface area (Å²) in [5.41, 5.74) is 6.05. The van der Waals surface area contributed by atoms with Crippen molar-refractivity contribution in [3.63, 3.8) is 0 Å². The first kappa shape index (κ1) is 8.97. The highest BCUT2D eigenvalue weighted by Gasteiger charge is 2.08. The first-order chi connectivity index (χ1) is 5.61. The van der Waals surface area contributed by atoms with Gasteiger partial charge in [-0.3, -0.25) is 0 Å². The molecule has 0 aliphatic carbocycles. The standard InChI is InChI=1S/C9H13FN2/c1-6(2)5-7-8(10)3-4-12-9(7)11/h3-4,6H,5H2,1-2H3,(H2,11,12). The molecule has 2 N–H and O–H groups in total. The molecule has 0 unspecified atom stereocenters. The van der Waals surface area contributed by atoms with Crippen LogP contribution in [0.25, 0.3) is 0 Å². The van der Waals surface area contributed by atoms with Crippen molar-refractivity contribution in [3.05, 3.63) is 23.6 Å². The van der Waals surface area contributed by atoms with Crippen LogP contribution in [0.5, 0.6) is 0 Å². The van der Waals surface area contributed by atoms with E-state index in [1.807, 2.05) is 13.8 Å². The van der Waals surface area contributed by atoms with E-state index in [1.54, 1.807) is 0 Å². The molecule has 1 aromatic heterocycles. The summed E-state index contributed by atoms with van der Waals surface area (Å²) in [4.78, 5) is 3.83. The predicted octanol–water partition coefficient (Wildman–Crippen LogP) is 2.00. The number of nitrogens with zero attached hydrogens (tertiary/aromatic N) is 1. The van der Waals surface area contributed by atoms with Crippen LogP contribution in [0.2, 0.25) is 0 Å². The number of anilines is 1. The average molecular weight is 168 g/mol. The molecular weight excluding hydrogens is 155 g/mol. The Balaban J connectivity index is 2.96. The number of nitrogens with two attached hydrogens (primary N) is 1. The molecule has 0 atom stereocenters. The van der Waals surface area contributed by atoms with Crippen LogP contribution in [0.4, 0.5) is 10.2 Å². The topological polar surface area (TPSA) is 38.9 Å². The molecule has 0 aromatic carbocycles. The maximum absolute atomic E-state index is 13.1. The number of hydrogen-bond donors (Lipinski definition) is 1. The molecule has 0 bridgehead atoms. The molecule has 0 fully saturated rings. The maximum Gasteiger partial charge on any atom is 0.131 e. The van der Waals surface area contributed by atoms with Crippen molar-refractivity contribution in [2.45, 2.75) is 20.3 Å². The summed E-state index contributed by atoms with van der Waals surface area (Å²) in [6.07, 6.45) is 2.03. The summed E-state index contributed by atoms with van der Waals surface area (Å²) < 4.78 is 13.1. The van der Waals surface area contributed by atoms with Crippen molar-refractivity contribution < 1.29 is 4.39 Å². The Hall–Kier alpha value is -1.12. The Morgan fingerprint density at radius 3 is 2.75 bits per heavy atom. The van der Waals surface area contributed by atoms with Crippen LogP contribution < -0.4 is 5.73 Å². The highest BCUT2D eigenvalue weighted by molar-refractivity contribution is 5.39. The fourth-order valence-electron chi connectivity index (χ4n) is 1.09.